The quantitative estimate of drug-likeness (QED) is 0.474. The van der Waals surface area contributed by atoms with Gasteiger partial charge in [-0.3, -0.25) is 4.79 Å². The molecule has 1 amide bonds. The smallest absolute Gasteiger partial charge is 0.338 e. The molecule has 0 aliphatic carbocycles. The van der Waals surface area contributed by atoms with Crippen LogP contribution < -0.4 is 14.8 Å². The molecule has 4 rings (SSSR count). The van der Waals surface area contributed by atoms with E-state index in [1.807, 2.05) is 29.5 Å². The standard InChI is InChI=1S/C26H26FN3O5S/c1-4-33-21-14-17(6-11-20(21)35-15-22(31)29-19-9-7-18(27)8-10-19)24-23(25(32)34-5-2)16(3)28-26-30(24)12-13-36-26/h6-14,24H,4-5,15H2,1-3H3,(H,29,31)/t24-/m1/s1. The average Bonchev–Trinajstić information content (AvgIpc) is 3.32. The Labute approximate surface area is 212 Å². The van der Waals surface area contributed by atoms with E-state index in [0.717, 1.165) is 10.7 Å². The van der Waals surface area contributed by atoms with Gasteiger partial charge in [-0.2, -0.15) is 0 Å². The number of benzene rings is 2. The summed E-state index contributed by atoms with van der Waals surface area (Å²) in [7, 11) is 0. The first-order valence-electron chi connectivity index (χ1n) is 11.4. The number of anilines is 1. The molecule has 0 bridgehead atoms. The van der Waals surface area contributed by atoms with E-state index in [2.05, 4.69) is 10.3 Å². The fraction of sp³-hybridized carbons (Fsp3) is 0.269. The van der Waals surface area contributed by atoms with E-state index in [0.29, 0.717) is 35.1 Å². The van der Waals surface area contributed by atoms with E-state index >= 15 is 0 Å². The molecule has 2 aliphatic rings. The summed E-state index contributed by atoms with van der Waals surface area (Å²) >= 11 is 1.47. The number of amides is 1. The molecule has 0 aromatic heterocycles. The number of fused-ring (bicyclic) bond motifs is 1. The van der Waals surface area contributed by atoms with Crippen LogP contribution in [0.1, 0.15) is 32.4 Å². The molecular weight excluding hydrogens is 485 g/mol. The summed E-state index contributed by atoms with van der Waals surface area (Å²) in [5, 5.41) is 5.33. The van der Waals surface area contributed by atoms with Gasteiger partial charge in [0.25, 0.3) is 5.91 Å². The number of nitrogens with zero attached hydrogens (tertiary/aromatic N) is 2. The number of halogens is 1. The molecule has 2 heterocycles. The monoisotopic (exact) mass is 511 g/mol. The summed E-state index contributed by atoms with van der Waals surface area (Å²) in [6, 6.07) is 10.3. The van der Waals surface area contributed by atoms with Gasteiger partial charge in [0.15, 0.2) is 23.3 Å². The largest absolute Gasteiger partial charge is 0.490 e. The molecule has 2 aliphatic heterocycles. The normalized spacial score (nSPS) is 16.4. The van der Waals surface area contributed by atoms with Crippen molar-refractivity contribution >= 4 is 34.5 Å². The van der Waals surface area contributed by atoms with E-state index in [-0.39, 0.29) is 19.0 Å². The van der Waals surface area contributed by atoms with Crippen LogP contribution in [-0.2, 0) is 14.3 Å². The average molecular weight is 512 g/mol. The molecular formula is C26H26FN3O5S. The number of thioether (sulfide) groups is 1. The number of rotatable bonds is 9. The lowest BCUT2D eigenvalue weighted by Gasteiger charge is -2.33. The van der Waals surface area contributed by atoms with Crippen LogP contribution in [0.25, 0.3) is 0 Å². The topological polar surface area (TPSA) is 89.5 Å². The van der Waals surface area contributed by atoms with Gasteiger partial charge in [0.2, 0.25) is 0 Å². The Morgan fingerprint density at radius 3 is 2.58 bits per heavy atom. The lowest BCUT2D eigenvalue weighted by atomic mass is 9.94. The second-order valence-electron chi connectivity index (χ2n) is 7.81. The first-order chi connectivity index (χ1) is 17.4. The fourth-order valence-electron chi connectivity index (χ4n) is 3.85. The molecule has 1 atom stereocenters. The zero-order chi connectivity index (χ0) is 25.7. The highest BCUT2D eigenvalue weighted by molar-refractivity contribution is 8.16. The van der Waals surface area contributed by atoms with Gasteiger partial charge in [0.1, 0.15) is 5.82 Å². The first-order valence-corrected chi connectivity index (χ1v) is 12.3. The van der Waals surface area contributed by atoms with Gasteiger partial charge in [-0.1, -0.05) is 17.8 Å². The van der Waals surface area contributed by atoms with Crippen molar-refractivity contribution < 1.29 is 28.2 Å². The van der Waals surface area contributed by atoms with Crippen molar-refractivity contribution in [3.63, 3.8) is 0 Å². The molecule has 0 unspecified atom stereocenters. The predicted molar refractivity (Wildman–Crippen MR) is 136 cm³/mol. The van der Waals surface area contributed by atoms with Crippen LogP contribution in [0.3, 0.4) is 0 Å². The number of aliphatic imine (C=N–C) groups is 1. The molecule has 0 spiro atoms. The predicted octanol–water partition coefficient (Wildman–Crippen LogP) is 5.01. The van der Waals surface area contributed by atoms with E-state index < -0.39 is 17.9 Å². The summed E-state index contributed by atoms with van der Waals surface area (Å²) in [6.45, 7) is 5.76. The molecule has 8 nitrogen and oxygen atoms in total. The maximum Gasteiger partial charge on any atom is 0.338 e. The number of carbonyl (C=O) groups excluding carboxylic acids is 2. The van der Waals surface area contributed by atoms with Crippen LogP contribution in [0.2, 0.25) is 0 Å². The Kier molecular flexibility index (Phi) is 7.94. The maximum atomic E-state index is 13.1. The van der Waals surface area contributed by atoms with Crippen LogP contribution in [-0.4, -0.2) is 41.8 Å². The van der Waals surface area contributed by atoms with Gasteiger partial charge >= 0.3 is 5.97 Å². The Balaban J connectivity index is 1.57. The summed E-state index contributed by atoms with van der Waals surface area (Å²) < 4.78 is 30.0. The van der Waals surface area contributed by atoms with Crippen molar-refractivity contribution in [3.05, 3.63) is 76.7 Å². The molecule has 36 heavy (non-hydrogen) atoms. The number of hydrogen-bond acceptors (Lipinski definition) is 8. The van der Waals surface area contributed by atoms with E-state index in [9.17, 15) is 14.0 Å². The molecule has 10 heteroatoms. The summed E-state index contributed by atoms with van der Waals surface area (Å²) in [4.78, 5) is 31.7. The van der Waals surface area contributed by atoms with E-state index in [1.165, 1.54) is 36.0 Å². The van der Waals surface area contributed by atoms with Gasteiger partial charge in [0.05, 0.1) is 30.5 Å². The van der Waals surface area contributed by atoms with Crippen LogP contribution in [0.5, 0.6) is 11.5 Å². The minimum atomic E-state index is -0.460. The second kappa shape index (κ2) is 11.3. The highest BCUT2D eigenvalue weighted by atomic mass is 32.2. The molecule has 0 fully saturated rings. The first kappa shape index (κ1) is 25.3. The third-order valence-corrected chi connectivity index (χ3v) is 6.16. The molecule has 2 aromatic rings. The van der Waals surface area contributed by atoms with Crippen LogP contribution in [0.15, 0.2) is 70.3 Å². The van der Waals surface area contributed by atoms with Crippen molar-refractivity contribution in [2.75, 3.05) is 25.1 Å². The number of carbonyl (C=O) groups is 2. The lowest BCUT2D eigenvalue weighted by molar-refractivity contribution is -0.139. The second-order valence-corrected chi connectivity index (χ2v) is 8.68. The van der Waals surface area contributed by atoms with Crippen LogP contribution in [0.4, 0.5) is 10.1 Å². The van der Waals surface area contributed by atoms with Gasteiger partial charge in [-0.25, -0.2) is 14.2 Å². The molecule has 188 valence electrons. The fourth-order valence-corrected chi connectivity index (χ4v) is 4.65. The van der Waals surface area contributed by atoms with Crippen molar-refractivity contribution in [2.45, 2.75) is 26.8 Å². The number of nitrogens with one attached hydrogen (secondary N) is 1. The zero-order valence-corrected chi connectivity index (χ0v) is 20.9. The Bertz CT molecular complexity index is 1240. The summed E-state index contributed by atoms with van der Waals surface area (Å²) in [5.74, 6) is -0.400. The molecule has 0 saturated heterocycles. The van der Waals surface area contributed by atoms with Gasteiger partial charge in [0, 0.05) is 11.9 Å². The van der Waals surface area contributed by atoms with Crippen LogP contribution >= 0.6 is 11.8 Å². The molecule has 2 aromatic carbocycles. The Hall–Kier alpha value is -3.79. The highest BCUT2D eigenvalue weighted by Crippen LogP contribution is 2.43. The number of hydrogen-bond donors (Lipinski definition) is 1. The van der Waals surface area contributed by atoms with Crippen molar-refractivity contribution in [3.8, 4) is 11.5 Å². The van der Waals surface area contributed by atoms with Crippen molar-refractivity contribution in [2.24, 2.45) is 4.99 Å². The minimum Gasteiger partial charge on any atom is -0.490 e. The Morgan fingerprint density at radius 1 is 1.08 bits per heavy atom. The van der Waals surface area contributed by atoms with E-state index in [1.54, 1.807) is 26.0 Å². The number of amidine groups is 1. The van der Waals surface area contributed by atoms with Crippen molar-refractivity contribution in [1.82, 2.24) is 4.90 Å². The third-order valence-electron chi connectivity index (χ3n) is 5.39. The maximum absolute atomic E-state index is 13.1. The SMILES string of the molecule is CCOC(=O)C1=C(C)N=C2SC=CN2[C@@H]1c1ccc(OCC(=O)Nc2ccc(F)cc2)c(OCC)c1. The van der Waals surface area contributed by atoms with Gasteiger partial charge in [-0.05, 0) is 68.1 Å². The van der Waals surface area contributed by atoms with Gasteiger partial charge < -0.3 is 24.4 Å². The number of esters is 1. The van der Waals surface area contributed by atoms with Gasteiger partial charge in [-0.15, -0.1) is 0 Å². The summed E-state index contributed by atoms with van der Waals surface area (Å²) in [6.07, 6.45) is 1.88. The highest BCUT2D eigenvalue weighted by Gasteiger charge is 2.37. The number of allylic oxidation sites excluding steroid dienone is 1. The minimum absolute atomic E-state index is 0.250. The number of ether oxygens (including phenoxy) is 3. The summed E-state index contributed by atoms with van der Waals surface area (Å²) in [5.41, 5.74) is 2.29. The Morgan fingerprint density at radius 2 is 1.86 bits per heavy atom. The molecule has 0 radical (unpaired) electrons. The van der Waals surface area contributed by atoms with Crippen molar-refractivity contribution in [1.29, 1.82) is 0 Å². The molecule has 1 N–H and O–H groups in total. The van der Waals surface area contributed by atoms with Crippen LogP contribution in [0, 0.1) is 5.82 Å². The van der Waals surface area contributed by atoms with E-state index in [4.69, 9.17) is 14.2 Å². The lowest BCUT2D eigenvalue weighted by Crippen LogP contribution is -2.34. The zero-order valence-electron chi connectivity index (χ0n) is 20.1. The molecule has 0 saturated carbocycles. The third kappa shape index (κ3) is 5.54.